The predicted molar refractivity (Wildman–Crippen MR) is 117 cm³/mol. The summed E-state index contributed by atoms with van der Waals surface area (Å²) in [6.07, 6.45) is 3.64. The van der Waals surface area contributed by atoms with Crippen molar-refractivity contribution in [3.05, 3.63) is 76.5 Å². The highest BCUT2D eigenvalue weighted by molar-refractivity contribution is 5.86. The normalized spacial score (nSPS) is 23.8. The van der Waals surface area contributed by atoms with Crippen LogP contribution in [0.3, 0.4) is 0 Å². The van der Waals surface area contributed by atoms with Gasteiger partial charge in [-0.25, -0.2) is 13.6 Å². The highest BCUT2D eigenvalue weighted by Gasteiger charge is 2.42. The maximum absolute atomic E-state index is 15.5. The van der Waals surface area contributed by atoms with E-state index in [4.69, 9.17) is 9.84 Å². The number of rotatable bonds is 4. The van der Waals surface area contributed by atoms with Gasteiger partial charge in [0.25, 0.3) is 0 Å². The molecule has 32 heavy (non-hydrogen) atoms. The summed E-state index contributed by atoms with van der Waals surface area (Å²) in [5.41, 5.74) is 2.98. The fraction of sp³-hybridized carbons (Fsp3) is 0.320. The highest BCUT2D eigenvalue weighted by Crippen LogP contribution is 2.44. The highest BCUT2D eigenvalue weighted by atomic mass is 19.1. The molecule has 3 aromatic rings. The summed E-state index contributed by atoms with van der Waals surface area (Å²) in [7, 11) is 0. The van der Waals surface area contributed by atoms with Crippen molar-refractivity contribution in [2.75, 3.05) is 13.2 Å². The average molecular weight is 438 g/mol. The first-order chi connectivity index (χ1) is 15.4. The van der Waals surface area contributed by atoms with Crippen molar-refractivity contribution >= 4 is 22.9 Å². The summed E-state index contributed by atoms with van der Waals surface area (Å²) in [6.45, 7) is 3.25. The van der Waals surface area contributed by atoms with E-state index in [0.717, 1.165) is 41.1 Å². The Labute approximate surface area is 184 Å². The van der Waals surface area contributed by atoms with E-state index in [1.807, 2.05) is 24.3 Å². The lowest BCUT2D eigenvalue weighted by Gasteiger charge is -2.44. The monoisotopic (exact) mass is 438 g/mol. The molecule has 0 aliphatic carbocycles. The molecule has 2 aromatic carbocycles. The van der Waals surface area contributed by atoms with Crippen LogP contribution in [-0.2, 0) is 16.0 Å². The molecule has 7 heteroatoms. The first-order valence-corrected chi connectivity index (χ1v) is 10.8. The molecule has 1 saturated heterocycles. The fourth-order valence-electron chi connectivity index (χ4n) is 5.23. The number of aromatic amines is 1. The van der Waals surface area contributed by atoms with Crippen LogP contribution in [0.2, 0.25) is 0 Å². The molecule has 5 rings (SSSR count). The van der Waals surface area contributed by atoms with Crippen molar-refractivity contribution in [2.45, 2.75) is 37.9 Å². The van der Waals surface area contributed by atoms with E-state index in [1.54, 1.807) is 0 Å². The van der Waals surface area contributed by atoms with Crippen LogP contribution in [0.25, 0.3) is 17.0 Å². The van der Waals surface area contributed by atoms with Crippen LogP contribution < -0.4 is 0 Å². The number of benzene rings is 2. The van der Waals surface area contributed by atoms with Gasteiger partial charge in [0.15, 0.2) is 0 Å². The Morgan fingerprint density at radius 2 is 2.00 bits per heavy atom. The standard InChI is InChI=1S/C25H24F2N2O3/c1-14-10-18-17-4-2-3-5-21(17)28-24(18)25(29(14)16-8-9-32-13-16)23-19(26)11-15(12-20(23)27)6-7-22(30)31/h2-7,11-12,14,16,25,28H,8-10,13H2,1H3,(H,30,31)/b7-6+/t14-,16-,25-/m1/s1. The Morgan fingerprint density at radius 1 is 1.25 bits per heavy atom. The van der Waals surface area contributed by atoms with Crippen LogP contribution in [-0.4, -0.2) is 46.3 Å². The van der Waals surface area contributed by atoms with Gasteiger partial charge in [-0.3, -0.25) is 4.90 Å². The molecule has 0 bridgehead atoms. The minimum Gasteiger partial charge on any atom is -0.478 e. The molecule has 1 fully saturated rings. The van der Waals surface area contributed by atoms with Crippen molar-refractivity contribution in [1.82, 2.24) is 9.88 Å². The van der Waals surface area contributed by atoms with E-state index in [9.17, 15) is 4.79 Å². The maximum atomic E-state index is 15.5. The van der Waals surface area contributed by atoms with Crippen LogP contribution in [0.1, 0.15) is 41.8 Å². The molecule has 0 radical (unpaired) electrons. The first kappa shape index (κ1) is 20.8. The number of carboxylic acids is 1. The molecule has 2 aliphatic heterocycles. The van der Waals surface area contributed by atoms with Crippen molar-refractivity contribution in [3.8, 4) is 0 Å². The summed E-state index contributed by atoms with van der Waals surface area (Å²) in [5, 5.41) is 9.91. The SMILES string of the molecule is C[C@@H]1Cc2c([nH]c3ccccc23)[C@@H](c2c(F)cc(/C=C/C(=O)O)cc2F)N1[C@@H]1CCOC1. The van der Waals surface area contributed by atoms with Crippen molar-refractivity contribution < 1.29 is 23.4 Å². The molecular formula is C25H24F2N2O3. The second-order valence-corrected chi connectivity index (χ2v) is 8.55. The smallest absolute Gasteiger partial charge is 0.328 e. The number of fused-ring (bicyclic) bond motifs is 3. The van der Waals surface area contributed by atoms with Crippen LogP contribution in [0, 0.1) is 11.6 Å². The third kappa shape index (κ3) is 3.51. The van der Waals surface area contributed by atoms with Gasteiger partial charge in [-0.2, -0.15) is 0 Å². The Balaban J connectivity index is 1.69. The first-order valence-electron chi connectivity index (χ1n) is 10.8. The second kappa shape index (κ2) is 8.15. The number of carboxylic acid groups (broad SMARTS) is 1. The Kier molecular flexibility index (Phi) is 5.31. The van der Waals surface area contributed by atoms with E-state index < -0.39 is 23.6 Å². The largest absolute Gasteiger partial charge is 0.478 e. The van der Waals surface area contributed by atoms with E-state index in [1.165, 1.54) is 18.2 Å². The lowest BCUT2D eigenvalue weighted by Crippen LogP contribution is -2.49. The topological polar surface area (TPSA) is 65.6 Å². The number of nitrogens with zero attached hydrogens (tertiary/aromatic N) is 1. The maximum Gasteiger partial charge on any atom is 0.328 e. The molecule has 3 heterocycles. The van der Waals surface area contributed by atoms with Crippen LogP contribution >= 0.6 is 0 Å². The Morgan fingerprint density at radius 3 is 2.69 bits per heavy atom. The zero-order valence-corrected chi connectivity index (χ0v) is 17.6. The number of para-hydroxylation sites is 1. The molecule has 2 aliphatic rings. The lowest BCUT2D eigenvalue weighted by atomic mass is 9.86. The number of hydrogen-bond acceptors (Lipinski definition) is 3. The summed E-state index contributed by atoms with van der Waals surface area (Å²) >= 11 is 0. The molecule has 1 aromatic heterocycles. The molecule has 2 N–H and O–H groups in total. The van der Waals surface area contributed by atoms with Crippen LogP contribution in [0.5, 0.6) is 0 Å². The molecular weight excluding hydrogens is 414 g/mol. The number of nitrogens with one attached hydrogen (secondary N) is 1. The lowest BCUT2D eigenvalue weighted by molar-refractivity contribution is -0.131. The Bertz CT molecular complexity index is 1190. The molecule has 0 saturated carbocycles. The van der Waals surface area contributed by atoms with Gasteiger partial charge < -0.3 is 14.8 Å². The number of H-pyrrole nitrogens is 1. The molecule has 5 nitrogen and oxygen atoms in total. The van der Waals surface area contributed by atoms with Gasteiger partial charge in [0.1, 0.15) is 11.6 Å². The quantitative estimate of drug-likeness (QED) is 0.581. The van der Waals surface area contributed by atoms with Crippen LogP contribution in [0.15, 0.2) is 42.5 Å². The zero-order valence-electron chi connectivity index (χ0n) is 17.6. The molecule has 0 spiro atoms. The Hall–Kier alpha value is -3.03. The van der Waals surface area contributed by atoms with Gasteiger partial charge in [-0.1, -0.05) is 18.2 Å². The predicted octanol–water partition coefficient (Wildman–Crippen LogP) is 4.67. The van der Waals surface area contributed by atoms with Gasteiger partial charge in [0.2, 0.25) is 0 Å². The number of carbonyl (C=O) groups is 1. The summed E-state index contributed by atoms with van der Waals surface area (Å²) in [6, 6.07) is 9.80. The van der Waals surface area contributed by atoms with Gasteiger partial charge in [-0.15, -0.1) is 0 Å². The molecule has 166 valence electrons. The number of ether oxygens (including phenoxy) is 1. The van der Waals surface area contributed by atoms with E-state index in [-0.39, 0.29) is 23.2 Å². The average Bonchev–Trinajstić information content (AvgIpc) is 3.40. The number of aromatic nitrogens is 1. The van der Waals surface area contributed by atoms with Crippen molar-refractivity contribution in [2.24, 2.45) is 0 Å². The summed E-state index contributed by atoms with van der Waals surface area (Å²) in [4.78, 5) is 16.4. The number of halogens is 2. The minimum absolute atomic E-state index is 0.0243. The molecule has 0 amide bonds. The fourth-order valence-corrected chi connectivity index (χ4v) is 5.23. The van der Waals surface area contributed by atoms with Gasteiger partial charge in [0.05, 0.1) is 12.6 Å². The molecule has 0 unspecified atom stereocenters. The third-order valence-electron chi connectivity index (χ3n) is 6.55. The molecule has 3 atom stereocenters. The van der Waals surface area contributed by atoms with Gasteiger partial charge >= 0.3 is 5.97 Å². The summed E-state index contributed by atoms with van der Waals surface area (Å²) < 4.78 is 36.5. The zero-order chi connectivity index (χ0) is 22.4. The van der Waals surface area contributed by atoms with Crippen molar-refractivity contribution in [1.29, 1.82) is 0 Å². The minimum atomic E-state index is -1.17. The van der Waals surface area contributed by atoms with Crippen LogP contribution in [0.4, 0.5) is 8.78 Å². The number of aliphatic carboxylic acids is 1. The summed E-state index contributed by atoms with van der Waals surface area (Å²) in [5.74, 6) is -2.56. The van der Waals surface area contributed by atoms with Gasteiger partial charge in [0, 0.05) is 46.9 Å². The van der Waals surface area contributed by atoms with E-state index in [2.05, 4.69) is 16.8 Å². The second-order valence-electron chi connectivity index (χ2n) is 8.55. The van der Waals surface area contributed by atoms with Crippen molar-refractivity contribution in [3.63, 3.8) is 0 Å². The third-order valence-corrected chi connectivity index (χ3v) is 6.55. The van der Waals surface area contributed by atoms with E-state index in [0.29, 0.717) is 13.2 Å². The van der Waals surface area contributed by atoms with E-state index >= 15 is 8.78 Å². The number of hydrogen-bond donors (Lipinski definition) is 2. The van der Waals surface area contributed by atoms with Gasteiger partial charge in [-0.05, 0) is 55.2 Å².